The maximum atomic E-state index is 11.0. The van der Waals surface area contributed by atoms with E-state index in [0.717, 1.165) is 0 Å². The quantitative estimate of drug-likeness (QED) is 0.751. The van der Waals surface area contributed by atoms with E-state index in [4.69, 9.17) is 26.9 Å². The van der Waals surface area contributed by atoms with Crippen LogP contribution < -0.4 is 5.82 Å². The average Bonchev–Trinajstić information content (AvgIpc) is 2.61. The lowest BCUT2D eigenvalue weighted by atomic mass is 10.1. The first-order chi connectivity index (χ1) is 7.70. The maximum absolute atomic E-state index is 11.0. The molecule has 0 aliphatic heterocycles. The van der Waals surface area contributed by atoms with E-state index in [0.29, 0.717) is 22.1 Å². The van der Waals surface area contributed by atoms with Crippen LogP contribution in [0, 0.1) is 12.3 Å². The molecule has 0 saturated carbocycles. The summed E-state index contributed by atoms with van der Waals surface area (Å²) in [6.45, 7) is 0. The largest absolute Gasteiger partial charge is 0.519 e. The molecule has 0 aliphatic rings. The van der Waals surface area contributed by atoms with Crippen LogP contribution in [0.5, 0.6) is 0 Å². The zero-order chi connectivity index (χ0) is 11.5. The molecule has 80 valence electrons. The van der Waals surface area contributed by atoms with Gasteiger partial charge >= 0.3 is 5.82 Å². The van der Waals surface area contributed by atoms with Crippen molar-refractivity contribution < 1.29 is 8.83 Å². The summed E-state index contributed by atoms with van der Waals surface area (Å²) in [4.78, 5) is 11.0. The minimum absolute atomic E-state index is 0.212. The van der Waals surface area contributed by atoms with Crippen molar-refractivity contribution in [3.05, 3.63) is 45.7 Å². The molecule has 2 aromatic rings. The zero-order valence-corrected chi connectivity index (χ0v) is 8.95. The Hall–Kier alpha value is -1.92. The molecule has 16 heavy (non-hydrogen) atoms. The Morgan fingerprint density at radius 3 is 2.56 bits per heavy atom. The van der Waals surface area contributed by atoms with Crippen molar-refractivity contribution in [2.75, 3.05) is 0 Å². The minimum Gasteiger partial charge on any atom is -0.394 e. The van der Waals surface area contributed by atoms with Gasteiger partial charge in [-0.25, -0.2) is 4.79 Å². The summed E-state index contributed by atoms with van der Waals surface area (Å²) in [6.07, 6.45) is 5.38. The summed E-state index contributed by atoms with van der Waals surface area (Å²) in [5, 5.41) is 0.605. The van der Waals surface area contributed by atoms with E-state index in [9.17, 15) is 4.79 Å². The molecule has 2 rings (SSSR count). The van der Waals surface area contributed by atoms with E-state index < -0.39 is 5.82 Å². The van der Waals surface area contributed by atoms with Crippen molar-refractivity contribution in [3.63, 3.8) is 0 Å². The number of terminal acetylenes is 1. The van der Waals surface area contributed by atoms with Crippen LogP contribution in [0.3, 0.4) is 0 Å². The number of hydrogen-bond acceptors (Lipinski definition) is 3. The normalized spacial score (nSPS) is 10.0. The van der Waals surface area contributed by atoms with Crippen LogP contribution >= 0.6 is 11.6 Å². The molecule has 0 spiro atoms. The lowest BCUT2D eigenvalue weighted by Gasteiger charge is -1.97. The summed E-state index contributed by atoms with van der Waals surface area (Å²) in [5.74, 6) is 2.36. The van der Waals surface area contributed by atoms with Crippen molar-refractivity contribution >= 4 is 11.6 Å². The number of benzene rings is 1. The third kappa shape index (κ3) is 2.02. The summed E-state index contributed by atoms with van der Waals surface area (Å²) < 4.78 is 9.77. The Bertz CT molecular complexity index is 584. The third-order valence-corrected chi connectivity index (χ3v) is 2.27. The molecule has 0 N–H and O–H groups in total. The Morgan fingerprint density at radius 1 is 1.25 bits per heavy atom. The molecule has 0 saturated heterocycles. The van der Waals surface area contributed by atoms with Crippen molar-refractivity contribution in [1.29, 1.82) is 0 Å². The topological polar surface area (TPSA) is 43.4 Å². The Kier molecular flexibility index (Phi) is 2.84. The van der Waals surface area contributed by atoms with Crippen molar-refractivity contribution in [2.45, 2.75) is 6.42 Å². The summed E-state index contributed by atoms with van der Waals surface area (Å²) in [5.41, 5.74) is 0.709. The van der Waals surface area contributed by atoms with Crippen LogP contribution in [0.25, 0.3) is 11.3 Å². The maximum Gasteiger partial charge on any atom is 0.519 e. The second-order valence-electron chi connectivity index (χ2n) is 3.09. The molecule has 0 unspecified atom stereocenters. The van der Waals surface area contributed by atoms with Crippen LogP contribution in [0.1, 0.15) is 5.76 Å². The molecular formula is C12H7ClO3. The Morgan fingerprint density at radius 2 is 1.94 bits per heavy atom. The number of rotatable bonds is 2. The second-order valence-corrected chi connectivity index (χ2v) is 3.53. The van der Waals surface area contributed by atoms with Gasteiger partial charge in [-0.1, -0.05) is 17.5 Å². The van der Waals surface area contributed by atoms with Gasteiger partial charge in [-0.3, -0.25) is 0 Å². The Labute approximate surface area is 96.6 Å². The van der Waals surface area contributed by atoms with Gasteiger partial charge in [0.15, 0.2) is 11.5 Å². The van der Waals surface area contributed by atoms with Crippen LogP contribution in [0.2, 0.25) is 5.02 Å². The first kappa shape index (κ1) is 10.6. The molecule has 3 nitrogen and oxygen atoms in total. The fourth-order valence-corrected chi connectivity index (χ4v) is 1.46. The van der Waals surface area contributed by atoms with Gasteiger partial charge in [-0.05, 0) is 24.3 Å². The van der Waals surface area contributed by atoms with Gasteiger partial charge in [-0.15, -0.1) is 6.42 Å². The highest BCUT2D eigenvalue weighted by Gasteiger charge is 2.13. The molecular weight excluding hydrogens is 228 g/mol. The lowest BCUT2D eigenvalue weighted by molar-refractivity contribution is 0.379. The molecule has 1 aromatic carbocycles. The minimum atomic E-state index is -0.754. The highest BCUT2D eigenvalue weighted by atomic mass is 35.5. The lowest BCUT2D eigenvalue weighted by Crippen LogP contribution is -1.86. The summed E-state index contributed by atoms with van der Waals surface area (Å²) in [6, 6.07) is 6.86. The van der Waals surface area contributed by atoms with Crippen LogP contribution in [-0.4, -0.2) is 0 Å². The van der Waals surface area contributed by atoms with Crippen LogP contribution in [0.15, 0.2) is 37.9 Å². The molecule has 0 atom stereocenters. The smallest absolute Gasteiger partial charge is 0.394 e. The second kappa shape index (κ2) is 4.30. The molecule has 0 bridgehead atoms. The average molecular weight is 235 g/mol. The van der Waals surface area contributed by atoms with E-state index in [2.05, 4.69) is 5.92 Å². The van der Waals surface area contributed by atoms with Crippen molar-refractivity contribution in [2.24, 2.45) is 0 Å². The van der Waals surface area contributed by atoms with Crippen molar-refractivity contribution in [1.82, 2.24) is 0 Å². The van der Waals surface area contributed by atoms with E-state index in [1.165, 1.54) is 0 Å². The monoisotopic (exact) mass is 234 g/mol. The molecule has 0 aliphatic carbocycles. The predicted molar refractivity (Wildman–Crippen MR) is 60.2 cm³/mol. The Balaban J connectivity index is 2.51. The van der Waals surface area contributed by atoms with E-state index in [-0.39, 0.29) is 6.42 Å². The van der Waals surface area contributed by atoms with Crippen LogP contribution in [-0.2, 0) is 6.42 Å². The molecule has 1 aromatic heterocycles. The van der Waals surface area contributed by atoms with Gasteiger partial charge in [0.2, 0.25) is 0 Å². The number of hydrogen-bond donors (Lipinski definition) is 0. The summed E-state index contributed by atoms with van der Waals surface area (Å²) in [7, 11) is 0. The third-order valence-electron chi connectivity index (χ3n) is 2.01. The van der Waals surface area contributed by atoms with Gasteiger partial charge in [0.05, 0.1) is 6.42 Å². The molecule has 4 heteroatoms. The van der Waals surface area contributed by atoms with Gasteiger partial charge in [0.25, 0.3) is 0 Å². The highest BCUT2D eigenvalue weighted by Crippen LogP contribution is 2.24. The van der Waals surface area contributed by atoms with Gasteiger partial charge in [0, 0.05) is 10.6 Å². The standard InChI is InChI=1S/C12H7ClO3/c1-2-3-10-11(16-12(14)15-10)8-4-6-9(13)7-5-8/h1,4-7H,3H2. The zero-order valence-electron chi connectivity index (χ0n) is 8.20. The SMILES string of the molecule is C#CCc1oc(=O)oc1-c1ccc(Cl)cc1. The summed E-state index contributed by atoms with van der Waals surface area (Å²) >= 11 is 5.76. The number of halogens is 1. The molecule has 0 amide bonds. The molecule has 0 fully saturated rings. The van der Waals surface area contributed by atoms with Gasteiger partial charge < -0.3 is 8.83 Å². The van der Waals surface area contributed by atoms with E-state index in [1.54, 1.807) is 24.3 Å². The van der Waals surface area contributed by atoms with Gasteiger partial charge in [-0.2, -0.15) is 0 Å². The first-order valence-electron chi connectivity index (χ1n) is 4.53. The molecule has 1 heterocycles. The van der Waals surface area contributed by atoms with E-state index >= 15 is 0 Å². The fourth-order valence-electron chi connectivity index (χ4n) is 1.34. The van der Waals surface area contributed by atoms with Gasteiger partial charge in [0.1, 0.15) is 0 Å². The highest BCUT2D eigenvalue weighted by molar-refractivity contribution is 6.30. The van der Waals surface area contributed by atoms with E-state index in [1.807, 2.05) is 0 Å². The molecule has 0 radical (unpaired) electrons. The van der Waals surface area contributed by atoms with Crippen molar-refractivity contribution in [3.8, 4) is 23.7 Å². The fraction of sp³-hybridized carbons (Fsp3) is 0.0833. The van der Waals surface area contributed by atoms with Crippen LogP contribution in [0.4, 0.5) is 0 Å². The first-order valence-corrected chi connectivity index (χ1v) is 4.90. The predicted octanol–water partition coefficient (Wildman–Crippen LogP) is 2.73.